The number of thiocarbonyl (C=S) groups is 1. The summed E-state index contributed by atoms with van der Waals surface area (Å²) in [6.07, 6.45) is 1.41. The molecule has 2 amide bonds. The summed E-state index contributed by atoms with van der Waals surface area (Å²) in [6.45, 7) is 0.0948. The second kappa shape index (κ2) is 10.6. The number of halogens is 1. The van der Waals surface area contributed by atoms with Crippen molar-refractivity contribution in [2.24, 2.45) is 0 Å². The molecule has 3 aromatic rings. The van der Waals surface area contributed by atoms with Crippen LogP contribution in [0.3, 0.4) is 0 Å². The third-order valence-electron chi connectivity index (χ3n) is 5.30. The van der Waals surface area contributed by atoms with Crippen LogP contribution in [0.2, 0.25) is 5.02 Å². The normalized spacial score (nSPS) is 14.6. The van der Waals surface area contributed by atoms with Crippen molar-refractivity contribution < 1.29 is 29.0 Å². The van der Waals surface area contributed by atoms with Crippen LogP contribution >= 0.6 is 23.8 Å². The number of carboxylic acid groups (broad SMARTS) is 1. The molecule has 1 aliphatic rings. The number of aromatic carboxylic acids is 1. The van der Waals surface area contributed by atoms with Gasteiger partial charge in [-0.15, -0.1) is 0 Å². The minimum atomic E-state index is -1.02. The number of para-hydroxylation sites is 1. The molecule has 0 spiro atoms. The lowest BCUT2D eigenvalue weighted by molar-refractivity contribution is -0.122. The van der Waals surface area contributed by atoms with Crippen molar-refractivity contribution in [2.75, 3.05) is 12.0 Å². The van der Waals surface area contributed by atoms with E-state index in [1.165, 1.54) is 30.2 Å². The molecular weight excluding hydrogens is 504 g/mol. The third kappa shape index (κ3) is 5.22. The van der Waals surface area contributed by atoms with Gasteiger partial charge in [0.05, 0.1) is 18.4 Å². The second-order valence-corrected chi connectivity index (χ2v) is 8.43. The van der Waals surface area contributed by atoms with Crippen LogP contribution in [-0.4, -0.2) is 35.1 Å². The van der Waals surface area contributed by atoms with E-state index in [2.05, 4.69) is 5.32 Å². The van der Waals surface area contributed by atoms with Crippen molar-refractivity contribution >= 4 is 58.5 Å². The molecule has 3 aromatic carbocycles. The fourth-order valence-corrected chi connectivity index (χ4v) is 3.91. The van der Waals surface area contributed by atoms with E-state index in [4.69, 9.17) is 38.4 Å². The van der Waals surface area contributed by atoms with Gasteiger partial charge < -0.3 is 14.6 Å². The average Bonchev–Trinajstić information content (AvgIpc) is 2.86. The Balaban J connectivity index is 1.67. The Hall–Kier alpha value is -4.21. The summed E-state index contributed by atoms with van der Waals surface area (Å²) < 4.78 is 11.4. The minimum Gasteiger partial charge on any atom is -0.493 e. The van der Waals surface area contributed by atoms with E-state index in [-0.39, 0.29) is 22.9 Å². The zero-order valence-electron chi connectivity index (χ0n) is 18.9. The van der Waals surface area contributed by atoms with Gasteiger partial charge in [-0.25, -0.2) is 4.79 Å². The Kier molecular flexibility index (Phi) is 7.33. The van der Waals surface area contributed by atoms with Gasteiger partial charge in [0.1, 0.15) is 12.2 Å². The predicted molar refractivity (Wildman–Crippen MR) is 138 cm³/mol. The third-order valence-corrected chi connectivity index (χ3v) is 5.84. The van der Waals surface area contributed by atoms with Gasteiger partial charge in [-0.05, 0) is 66.3 Å². The van der Waals surface area contributed by atoms with E-state index < -0.39 is 17.8 Å². The van der Waals surface area contributed by atoms with Crippen molar-refractivity contribution in [2.45, 2.75) is 6.61 Å². The highest BCUT2D eigenvalue weighted by atomic mass is 35.5. The van der Waals surface area contributed by atoms with Crippen molar-refractivity contribution in [3.63, 3.8) is 0 Å². The molecule has 0 radical (unpaired) electrons. The minimum absolute atomic E-state index is 0.0450. The zero-order valence-corrected chi connectivity index (χ0v) is 20.4. The Morgan fingerprint density at radius 3 is 2.42 bits per heavy atom. The highest BCUT2D eigenvalue weighted by Crippen LogP contribution is 2.34. The van der Waals surface area contributed by atoms with Crippen LogP contribution in [0.25, 0.3) is 6.08 Å². The number of carboxylic acids is 1. The summed E-state index contributed by atoms with van der Waals surface area (Å²) in [7, 11) is 1.47. The van der Waals surface area contributed by atoms with E-state index in [1.54, 1.807) is 54.6 Å². The van der Waals surface area contributed by atoms with E-state index in [0.717, 1.165) is 5.56 Å². The Labute approximate surface area is 216 Å². The summed E-state index contributed by atoms with van der Waals surface area (Å²) in [5.74, 6) is -1.58. The SMILES string of the molecule is COc1cccc(/C=C2\C(=O)NC(=S)N(c3ccc(Cl)cc3)C2=O)c1OCc1ccc(C(=O)O)cc1. The number of hydrogen-bond donors (Lipinski definition) is 2. The molecule has 0 bridgehead atoms. The van der Waals surface area contributed by atoms with Gasteiger partial charge in [0, 0.05) is 10.6 Å². The summed E-state index contributed by atoms with van der Waals surface area (Å²) in [5, 5.41) is 12.1. The van der Waals surface area contributed by atoms with Crippen LogP contribution in [0.15, 0.2) is 72.3 Å². The molecular formula is C26H19ClN2O6S. The lowest BCUT2D eigenvalue weighted by Gasteiger charge is -2.29. The quantitative estimate of drug-likeness (QED) is 0.268. The molecule has 0 aromatic heterocycles. The topological polar surface area (TPSA) is 105 Å². The summed E-state index contributed by atoms with van der Waals surface area (Å²) in [4.78, 5) is 38.3. The standard InChI is InChI=1S/C26H19ClN2O6S/c1-34-21-4-2-3-17(22(21)35-14-15-5-7-16(8-6-15)25(32)33)13-20-23(30)28-26(36)29(24(20)31)19-11-9-18(27)10-12-19/h2-13H,14H2,1H3,(H,32,33)(H,28,30,36)/b20-13+. The number of nitrogens with one attached hydrogen (secondary N) is 1. The number of carbonyl (C=O) groups excluding carboxylic acids is 2. The highest BCUT2D eigenvalue weighted by molar-refractivity contribution is 7.80. The molecule has 0 unspecified atom stereocenters. The number of ether oxygens (including phenoxy) is 2. The van der Waals surface area contributed by atoms with Crippen LogP contribution in [-0.2, 0) is 16.2 Å². The summed E-state index contributed by atoms with van der Waals surface area (Å²) >= 11 is 11.2. The maximum absolute atomic E-state index is 13.3. The zero-order chi connectivity index (χ0) is 25.8. The summed E-state index contributed by atoms with van der Waals surface area (Å²) in [5.41, 5.74) is 1.61. The molecule has 36 heavy (non-hydrogen) atoms. The van der Waals surface area contributed by atoms with Gasteiger partial charge in [-0.3, -0.25) is 19.8 Å². The van der Waals surface area contributed by atoms with E-state index in [1.807, 2.05) is 0 Å². The number of anilines is 1. The molecule has 2 N–H and O–H groups in total. The van der Waals surface area contributed by atoms with Crippen LogP contribution in [0.4, 0.5) is 5.69 Å². The molecule has 0 saturated carbocycles. The molecule has 0 atom stereocenters. The molecule has 1 saturated heterocycles. The fourth-order valence-electron chi connectivity index (χ4n) is 3.50. The van der Waals surface area contributed by atoms with E-state index >= 15 is 0 Å². The smallest absolute Gasteiger partial charge is 0.335 e. The van der Waals surface area contributed by atoms with Gasteiger partial charge in [0.15, 0.2) is 16.6 Å². The van der Waals surface area contributed by atoms with Crippen molar-refractivity contribution in [3.8, 4) is 11.5 Å². The molecule has 10 heteroatoms. The Bertz CT molecular complexity index is 1390. The summed E-state index contributed by atoms with van der Waals surface area (Å²) in [6, 6.07) is 17.8. The molecule has 1 fully saturated rings. The van der Waals surface area contributed by atoms with Crippen LogP contribution in [0.5, 0.6) is 11.5 Å². The molecule has 0 aliphatic carbocycles. The van der Waals surface area contributed by atoms with Gasteiger partial charge in [-0.2, -0.15) is 0 Å². The first-order valence-corrected chi connectivity index (χ1v) is 11.4. The average molecular weight is 523 g/mol. The molecule has 1 aliphatic heterocycles. The number of hydrogen-bond acceptors (Lipinski definition) is 6. The number of amides is 2. The number of carbonyl (C=O) groups is 3. The number of benzene rings is 3. The van der Waals surface area contributed by atoms with Crippen LogP contribution < -0.4 is 19.7 Å². The lowest BCUT2D eigenvalue weighted by atomic mass is 10.1. The second-order valence-electron chi connectivity index (χ2n) is 7.60. The van der Waals surface area contributed by atoms with Crippen molar-refractivity contribution in [1.82, 2.24) is 5.32 Å². The first-order valence-electron chi connectivity index (χ1n) is 10.6. The van der Waals surface area contributed by atoms with Gasteiger partial charge in [0.2, 0.25) is 0 Å². The Morgan fingerprint density at radius 2 is 1.78 bits per heavy atom. The first-order chi connectivity index (χ1) is 17.3. The van der Waals surface area contributed by atoms with Crippen molar-refractivity contribution in [3.05, 3.63) is 94.0 Å². The Morgan fingerprint density at radius 1 is 1.08 bits per heavy atom. The maximum Gasteiger partial charge on any atom is 0.335 e. The number of rotatable bonds is 7. The predicted octanol–water partition coefficient (Wildman–Crippen LogP) is 4.46. The number of nitrogens with zero attached hydrogens (tertiary/aromatic N) is 1. The monoisotopic (exact) mass is 522 g/mol. The molecule has 182 valence electrons. The number of methoxy groups -OCH3 is 1. The fraction of sp³-hybridized carbons (Fsp3) is 0.0769. The van der Waals surface area contributed by atoms with Gasteiger partial charge in [0.25, 0.3) is 11.8 Å². The highest BCUT2D eigenvalue weighted by Gasteiger charge is 2.34. The first kappa shape index (κ1) is 24.9. The van der Waals surface area contributed by atoms with Crippen molar-refractivity contribution in [1.29, 1.82) is 0 Å². The van der Waals surface area contributed by atoms with E-state index in [9.17, 15) is 14.4 Å². The molecule has 4 rings (SSSR count). The molecule has 8 nitrogen and oxygen atoms in total. The lowest BCUT2D eigenvalue weighted by Crippen LogP contribution is -2.54. The van der Waals surface area contributed by atoms with E-state index in [0.29, 0.717) is 27.8 Å². The van der Waals surface area contributed by atoms with Crippen LogP contribution in [0.1, 0.15) is 21.5 Å². The largest absolute Gasteiger partial charge is 0.493 e. The van der Waals surface area contributed by atoms with Crippen LogP contribution in [0, 0.1) is 0 Å². The van der Waals surface area contributed by atoms with Gasteiger partial charge in [-0.1, -0.05) is 35.9 Å². The molecule has 1 heterocycles. The maximum atomic E-state index is 13.3. The van der Waals surface area contributed by atoms with Gasteiger partial charge >= 0.3 is 5.97 Å².